The van der Waals surface area contributed by atoms with Gasteiger partial charge in [-0.25, -0.2) is 13.1 Å². The first kappa shape index (κ1) is 43.2. The van der Waals surface area contributed by atoms with Gasteiger partial charge in [-0.05, 0) is 117 Å². The number of hydrogen-bond acceptors (Lipinski definition) is 10. The number of anilines is 2. The van der Waals surface area contributed by atoms with Crippen molar-refractivity contribution in [3.05, 3.63) is 147 Å². The molecule has 5 aromatic carbocycles. The molecular weight excluding hydrogens is 816 g/mol. The minimum absolute atomic E-state index is 0.149. The first-order valence-corrected chi connectivity index (χ1v) is 23.2. The molecular formula is C46H51ClN6O5S2. The average Bonchev–Trinajstić information content (AvgIpc) is 3.24. The van der Waals surface area contributed by atoms with Crippen LogP contribution in [0, 0.1) is 10.1 Å². The molecule has 0 radical (unpaired) electrons. The summed E-state index contributed by atoms with van der Waals surface area (Å²) >= 11 is 7.80. The molecule has 1 saturated heterocycles. The number of halogens is 1. The maximum absolute atomic E-state index is 13.6. The molecule has 0 aromatic heterocycles. The van der Waals surface area contributed by atoms with Gasteiger partial charge in [0.15, 0.2) is 0 Å². The lowest BCUT2D eigenvalue weighted by atomic mass is 9.92. The topological polar surface area (TPSA) is 128 Å². The number of sulfonamides is 1. The van der Waals surface area contributed by atoms with Gasteiger partial charge in [-0.15, -0.1) is 11.8 Å². The maximum Gasteiger partial charge on any atom is 0.293 e. The van der Waals surface area contributed by atoms with Gasteiger partial charge in [-0.1, -0.05) is 66.2 Å². The lowest BCUT2D eigenvalue weighted by molar-refractivity contribution is -0.384. The number of hydrogen-bond donors (Lipinski definition) is 2. The van der Waals surface area contributed by atoms with Crippen molar-refractivity contribution in [1.82, 2.24) is 14.5 Å². The number of benzene rings is 5. The molecule has 2 aliphatic heterocycles. The van der Waals surface area contributed by atoms with E-state index in [2.05, 4.69) is 75.0 Å². The van der Waals surface area contributed by atoms with Crippen LogP contribution < -0.4 is 14.9 Å². The molecule has 2 atom stereocenters. The van der Waals surface area contributed by atoms with E-state index in [1.54, 1.807) is 23.9 Å². The SMILES string of the molecule is CC(C)N(C)CC[C@H](CSc1ccccc1)Nc1ccc(S(=O)(=O)NC(=O)c2ccc3c(c2)CC[C@@H]2CN(Cc4ccccc4-c4ccc(Cl)cc4)CCN32)cc1[N+](=O)[O-]. The lowest BCUT2D eigenvalue weighted by Crippen LogP contribution is -2.54. The van der Waals surface area contributed by atoms with E-state index in [0.29, 0.717) is 29.3 Å². The van der Waals surface area contributed by atoms with Gasteiger partial charge < -0.3 is 15.1 Å². The number of rotatable bonds is 16. The monoisotopic (exact) mass is 866 g/mol. The van der Waals surface area contributed by atoms with E-state index in [9.17, 15) is 23.3 Å². The minimum atomic E-state index is -4.45. The molecule has 0 unspecified atom stereocenters. The Balaban J connectivity index is 1.00. The van der Waals surface area contributed by atoms with Crippen LogP contribution in [0.4, 0.5) is 17.1 Å². The Labute approximate surface area is 362 Å². The zero-order valence-corrected chi connectivity index (χ0v) is 36.5. The predicted molar refractivity (Wildman–Crippen MR) is 243 cm³/mol. The summed E-state index contributed by atoms with van der Waals surface area (Å²) < 4.78 is 29.3. The number of nitro groups is 1. The number of carbonyl (C=O) groups is 1. The third-order valence-corrected chi connectivity index (χ3v) is 14.3. The van der Waals surface area contributed by atoms with Gasteiger partial charge >= 0.3 is 0 Å². The number of thioether (sulfide) groups is 1. The zero-order valence-electron chi connectivity index (χ0n) is 34.1. The number of aryl methyl sites for hydroxylation is 1. The minimum Gasteiger partial charge on any atom is -0.376 e. The summed E-state index contributed by atoms with van der Waals surface area (Å²) in [7, 11) is -2.41. The van der Waals surface area contributed by atoms with Gasteiger partial charge in [0, 0.05) is 83.8 Å². The highest BCUT2D eigenvalue weighted by Crippen LogP contribution is 2.35. The van der Waals surface area contributed by atoms with Crippen molar-refractivity contribution in [3.63, 3.8) is 0 Å². The highest BCUT2D eigenvalue weighted by molar-refractivity contribution is 7.99. The Morgan fingerprint density at radius 3 is 2.47 bits per heavy atom. The van der Waals surface area contributed by atoms with Gasteiger partial charge in [-0.3, -0.25) is 19.8 Å². The number of amides is 1. The Morgan fingerprint density at radius 2 is 1.72 bits per heavy atom. The smallest absolute Gasteiger partial charge is 0.293 e. The summed E-state index contributed by atoms with van der Waals surface area (Å²) in [5, 5.41) is 16.4. The first-order valence-electron chi connectivity index (χ1n) is 20.3. The quantitative estimate of drug-likeness (QED) is 0.0564. The lowest BCUT2D eigenvalue weighted by Gasteiger charge is -2.46. The van der Waals surface area contributed by atoms with Gasteiger partial charge in [-0.2, -0.15) is 0 Å². The number of nitro benzene ring substituents is 1. The third kappa shape index (κ3) is 10.5. The molecule has 0 aliphatic carbocycles. The number of fused-ring (bicyclic) bond motifs is 3. The van der Waals surface area contributed by atoms with Crippen LogP contribution in [-0.4, -0.2) is 86.2 Å². The van der Waals surface area contributed by atoms with Crippen molar-refractivity contribution in [2.24, 2.45) is 0 Å². The summed E-state index contributed by atoms with van der Waals surface area (Å²) in [6.45, 7) is 8.41. The third-order valence-electron chi connectivity index (χ3n) is 11.5. The van der Waals surface area contributed by atoms with Crippen LogP contribution >= 0.6 is 23.4 Å². The molecule has 7 rings (SSSR count). The van der Waals surface area contributed by atoms with Crippen LogP contribution in [0.25, 0.3) is 11.1 Å². The van der Waals surface area contributed by atoms with Gasteiger partial charge in [0.1, 0.15) is 5.69 Å². The molecule has 314 valence electrons. The van der Waals surface area contributed by atoms with E-state index in [0.717, 1.165) is 73.3 Å². The second kappa shape index (κ2) is 19.2. The van der Waals surface area contributed by atoms with Crippen LogP contribution in [-0.2, 0) is 23.0 Å². The van der Waals surface area contributed by atoms with Crippen molar-refractivity contribution in [1.29, 1.82) is 0 Å². The van der Waals surface area contributed by atoms with E-state index >= 15 is 0 Å². The van der Waals surface area contributed by atoms with Crippen LogP contribution in [0.1, 0.15) is 48.2 Å². The van der Waals surface area contributed by atoms with E-state index < -0.39 is 20.9 Å². The zero-order chi connectivity index (χ0) is 42.4. The molecule has 60 heavy (non-hydrogen) atoms. The van der Waals surface area contributed by atoms with Crippen molar-refractivity contribution in [3.8, 4) is 11.1 Å². The second-order valence-corrected chi connectivity index (χ2v) is 19.0. The summed E-state index contributed by atoms with van der Waals surface area (Å²) in [4.78, 5) is 33.1. The Hall–Kier alpha value is -4.92. The fourth-order valence-corrected chi connectivity index (χ4v) is 10.0. The standard InChI is InChI=1S/C46H51ClN6O5S2/c1-32(2)50(3)24-23-38(31-59-40-10-5-4-6-11-40)48-43-21-20-41(28-45(43)53(55)56)60(57,58)49-46(54)35-16-22-44-34(27-35)15-19-39-30-51(25-26-52(39)44)29-36-9-7-8-12-42(36)33-13-17-37(47)18-14-33/h4-14,16-18,20-22,27-28,32,38-39,48H,15,19,23-26,29-31H2,1-3H3,(H,49,54)/t38-,39-/m1/s1. The molecule has 2 heterocycles. The van der Waals surface area contributed by atoms with Crippen molar-refractivity contribution < 1.29 is 18.1 Å². The highest BCUT2D eigenvalue weighted by Gasteiger charge is 2.33. The normalized spacial score (nSPS) is 16.0. The Kier molecular flexibility index (Phi) is 13.8. The molecule has 0 bridgehead atoms. The predicted octanol–water partition coefficient (Wildman–Crippen LogP) is 8.97. The molecule has 0 spiro atoms. The van der Waals surface area contributed by atoms with Gasteiger partial charge in [0.25, 0.3) is 21.6 Å². The van der Waals surface area contributed by atoms with E-state index in [4.69, 9.17) is 11.6 Å². The molecule has 2 N–H and O–H groups in total. The van der Waals surface area contributed by atoms with Crippen LogP contribution in [0.2, 0.25) is 5.02 Å². The first-order chi connectivity index (χ1) is 28.8. The number of carbonyl (C=O) groups excluding carboxylic acids is 1. The average molecular weight is 868 g/mol. The van der Waals surface area contributed by atoms with Crippen LogP contribution in [0.3, 0.4) is 0 Å². The number of nitrogens with zero attached hydrogens (tertiary/aromatic N) is 4. The summed E-state index contributed by atoms with van der Waals surface area (Å²) in [6.07, 6.45) is 2.36. The molecule has 14 heteroatoms. The van der Waals surface area contributed by atoms with Crippen molar-refractivity contribution in [2.45, 2.75) is 67.6 Å². The van der Waals surface area contributed by atoms with Crippen molar-refractivity contribution >= 4 is 56.4 Å². The fourth-order valence-electron chi connectivity index (χ4n) is 7.91. The second-order valence-electron chi connectivity index (χ2n) is 15.8. The molecule has 1 fully saturated rings. The van der Waals surface area contributed by atoms with Gasteiger partial charge in [0.05, 0.1) is 9.82 Å². The Morgan fingerprint density at radius 1 is 0.967 bits per heavy atom. The summed E-state index contributed by atoms with van der Waals surface area (Å²) in [5.41, 5.74) is 5.69. The molecule has 2 aliphatic rings. The largest absolute Gasteiger partial charge is 0.376 e. The summed E-state index contributed by atoms with van der Waals surface area (Å²) in [6, 6.07) is 35.9. The van der Waals surface area contributed by atoms with Crippen LogP contribution in [0.5, 0.6) is 0 Å². The van der Waals surface area contributed by atoms with Crippen LogP contribution in [0.15, 0.2) is 125 Å². The number of nitrogens with one attached hydrogen (secondary N) is 2. The highest BCUT2D eigenvalue weighted by atomic mass is 35.5. The number of piperazine rings is 1. The summed E-state index contributed by atoms with van der Waals surface area (Å²) in [5.74, 6) is -0.150. The van der Waals surface area contributed by atoms with E-state index in [1.807, 2.05) is 55.6 Å². The maximum atomic E-state index is 13.6. The van der Waals surface area contributed by atoms with Gasteiger partial charge in [0.2, 0.25) is 0 Å². The van der Waals surface area contributed by atoms with E-state index in [1.165, 1.54) is 23.3 Å². The molecule has 11 nitrogen and oxygen atoms in total. The Bertz CT molecular complexity index is 2420. The fraction of sp³-hybridized carbons (Fsp3) is 0.326. The molecule has 0 saturated carbocycles. The van der Waals surface area contributed by atoms with Crippen molar-refractivity contribution in [2.75, 3.05) is 49.2 Å². The van der Waals surface area contributed by atoms with E-state index in [-0.39, 0.29) is 27.9 Å². The molecule has 1 amide bonds. The molecule has 5 aromatic rings.